The molecule has 0 spiro atoms. The Kier molecular flexibility index (Phi) is 7.80. The van der Waals surface area contributed by atoms with Gasteiger partial charge >= 0.3 is 0 Å². The van der Waals surface area contributed by atoms with Gasteiger partial charge in [0.2, 0.25) is 0 Å². The summed E-state index contributed by atoms with van der Waals surface area (Å²) < 4.78 is 11.4. The van der Waals surface area contributed by atoms with Crippen LogP contribution in [0, 0.1) is 0 Å². The molecule has 0 N–H and O–H groups in total. The Morgan fingerprint density at radius 2 is 1.55 bits per heavy atom. The number of carbonyl (C=O) groups excluding carboxylic acids is 1. The summed E-state index contributed by atoms with van der Waals surface area (Å²) in [5.74, 6) is 1.16. The fraction of sp³-hybridized carbons (Fsp3) is 0.375. The fourth-order valence-electron chi connectivity index (χ4n) is 4.29. The van der Waals surface area contributed by atoms with Crippen molar-refractivity contribution in [2.75, 3.05) is 51.2 Å². The van der Waals surface area contributed by atoms with Crippen LogP contribution in [0.3, 0.4) is 0 Å². The second-order valence-corrected chi connectivity index (χ2v) is 9.90. The van der Waals surface area contributed by atoms with E-state index >= 15 is 0 Å². The minimum absolute atomic E-state index is 0. The van der Waals surface area contributed by atoms with Crippen LogP contribution in [0.5, 0.6) is 0 Å². The van der Waals surface area contributed by atoms with E-state index in [1.54, 1.807) is 11.5 Å². The van der Waals surface area contributed by atoms with Gasteiger partial charge in [0.1, 0.15) is 11.5 Å². The number of rotatable bonds is 7. The third-order valence-corrected chi connectivity index (χ3v) is 7.82. The molecule has 5 rings (SSSR count). The van der Waals surface area contributed by atoms with Crippen LogP contribution in [-0.4, -0.2) is 70.8 Å². The molecular formula is C24H28ClN5OS2. The Balaban J connectivity index is 0.00000259. The number of anilines is 1. The van der Waals surface area contributed by atoms with Crippen LogP contribution in [0.15, 0.2) is 48.5 Å². The number of hydrogen-bond acceptors (Lipinski definition) is 7. The molecule has 0 atom stereocenters. The van der Waals surface area contributed by atoms with Crippen molar-refractivity contribution >= 4 is 67.4 Å². The Hall–Kier alpha value is -2.26. The number of nitrogens with zero attached hydrogens (tertiary/aromatic N) is 5. The first-order chi connectivity index (χ1) is 15.7. The molecule has 2 aromatic carbocycles. The number of hydrogen-bond donors (Lipinski definition) is 0. The van der Waals surface area contributed by atoms with Crippen molar-refractivity contribution < 1.29 is 4.79 Å². The zero-order valence-corrected chi connectivity index (χ0v) is 21.1. The molecule has 174 valence electrons. The Bertz CT molecular complexity index is 1220. The number of aromatic nitrogens is 2. The van der Waals surface area contributed by atoms with E-state index < -0.39 is 0 Å². The van der Waals surface area contributed by atoms with Gasteiger partial charge in [0.15, 0.2) is 0 Å². The predicted molar refractivity (Wildman–Crippen MR) is 141 cm³/mol. The van der Waals surface area contributed by atoms with Crippen LogP contribution < -0.4 is 4.90 Å². The molecule has 33 heavy (non-hydrogen) atoms. The fourth-order valence-corrected chi connectivity index (χ4v) is 5.86. The number of amides is 1. The normalized spacial score (nSPS) is 14.5. The average Bonchev–Trinajstić information content (AvgIpc) is 3.46. The van der Waals surface area contributed by atoms with Crippen LogP contribution >= 0.6 is 35.5 Å². The van der Waals surface area contributed by atoms with E-state index in [9.17, 15) is 4.79 Å². The number of fused-ring (bicyclic) bond motifs is 2. The molecule has 6 nitrogen and oxygen atoms in total. The standard InChI is InChI=1S/C24H27N5OS2.ClH/c1-27(24(30)22-18-8-2-4-10-20(18)31-25-22)12-6-7-13-28-14-16-29(17-15-28)23-19-9-3-5-11-21(19)32-26-23;/h2-5,8-11H,6-7,12-17H2,1H3;1H. The molecule has 0 aliphatic carbocycles. The number of piperazine rings is 1. The van der Waals surface area contributed by atoms with Gasteiger partial charge in [0.05, 0.1) is 9.40 Å². The van der Waals surface area contributed by atoms with Gasteiger partial charge in [-0.15, -0.1) is 12.4 Å². The molecule has 0 unspecified atom stereocenters. The summed E-state index contributed by atoms with van der Waals surface area (Å²) in [6, 6.07) is 16.4. The second kappa shape index (κ2) is 10.8. The maximum Gasteiger partial charge on any atom is 0.273 e. The molecule has 1 aliphatic heterocycles. The van der Waals surface area contributed by atoms with Crippen molar-refractivity contribution in [2.45, 2.75) is 12.8 Å². The van der Waals surface area contributed by atoms with Crippen molar-refractivity contribution in [3.63, 3.8) is 0 Å². The van der Waals surface area contributed by atoms with Gasteiger partial charge in [-0.05, 0) is 60.7 Å². The van der Waals surface area contributed by atoms with Crippen LogP contribution in [0.4, 0.5) is 5.82 Å². The summed E-state index contributed by atoms with van der Waals surface area (Å²) >= 11 is 2.98. The summed E-state index contributed by atoms with van der Waals surface area (Å²) in [6.45, 7) is 5.99. The van der Waals surface area contributed by atoms with Crippen molar-refractivity contribution in [3.05, 3.63) is 54.2 Å². The van der Waals surface area contributed by atoms with Crippen LogP contribution in [-0.2, 0) is 0 Å². The van der Waals surface area contributed by atoms with E-state index in [-0.39, 0.29) is 18.3 Å². The van der Waals surface area contributed by atoms with Gasteiger partial charge in [-0.25, -0.2) is 0 Å². The molecule has 1 amide bonds. The van der Waals surface area contributed by atoms with Crippen molar-refractivity contribution in [1.29, 1.82) is 0 Å². The minimum atomic E-state index is 0. The van der Waals surface area contributed by atoms with E-state index in [1.165, 1.54) is 21.6 Å². The molecular weight excluding hydrogens is 474 g/mol. The molecule has 0 radical (unpaired) electrons. The lowest BCUT2D eigenvalue weighted by atomic mass is 10.2. The summed E-state index contributed by atoms with van der Waals surface area (Å²) in [5.41, 5.74) is 0.582. The molecule has 9 heteroatoms. The smallest absolute Gasteiger partial charge is 0.273 e. The average molecular weight is 502 g/mol. The van der Waals surface area contributed by atoms with Crippen LogP contribution in [0.25, 0.3) is 20.2 Å². The lowest BCUT2D eigenvalue weighted by Crippen LogP contribution is -2.46. The maximum absolute atomic E-state index is 12.8. The molecule has 2 aromatic heterocycles. The highest BCUT2D eigenvalue weighted by Crippen LogP contribution is 2.30. The molecule has 4 aromatic rings. The number of carbonyl (C=O) groups is 1. The SMILES string of the molecule is CN(CCCCN1CCN(c2nsc3ccccc23)CC1)C(=O)c1nsc2ccccc12.Cl. The van der Waals surface area contributed by atoms with E-state index in [0.29, 0.717) is 5.69 Å². The minimum Gasteiger partial charge on any atom is -0.353 e. The second-order valence-electron chi connectivity index (χ2n) is 8.29. The summed E-state index contributed by atoms with van der Waals surface area (Å²) in [5, 5.41) is 2.23. The Morgan fingerprint density at radius 1 is 0.909 bits per heavy atom. The van der Waals surface area contributed by atoms with Crippen LogP contribution in [0.1, 0.15) is 23.3 Å². The van der Waals surface area contributed by atoms with Crippen molar-refractivity contribution in [2.24, 2.45) is 0 Å². The zero-order chi connectivity index (χ0) is 21.9. The molecule has 0 saturated carbocycles. The van der Waals surface area contributed by atoms with E-state index in [4.69, 9.17) is 4.37 Å². The van der Waals surface area contributed by atoms with Gasteiger partial charge in [0, 0.05) is 50.5 Å². The largest absolute Gasteiger partial charge is 0.353 e. The molecule has 1 aliphatic rings. The van der Waals surface area contributed by atoms with Gasteiger partial charge in [-0.3, -0.25) is 9.69 Å². The lowest BCUT2D eigenvalue weighted by Gasteiger charge is -2.35. The zero-order valence-electron chi connectivity index (χ0n) is 18.6. The molecule has 3 heterocycles. The third kappa shape index (κ3) is 5.14. The number of unbranched alkanes of at least 4 members (excludes halogenated alkanes) is 1. The van der Waals surface area contributed by atoms with E-state index in [0.717, 1.165) is 68.0 Å². The summed E-state index contributed by atoms with van der Waals surface area (Å²) in [7, 11) is 1.88. The number of halogens is 1. The lowest BCUT2D eigenvalue weighted by molar-refractivity contribution is 0.0788. The van der Waals surface area contributed by atoms with Crippen LogP contribution in [0.2, 0.25) is 0 Å². The summed E-state index contributed by atoms with van der Waals surface area (Å²) in [4.78, 5) is 19.6. The van der Waals surface area contributed by atoms with Gasteiger partial charge in [-0.2, -0.15) is 8.75 Å². The first-order valence-electron chi connectivity index (χ1n) is 11.1. The Morgan fingerprint density at radius 3 is 2.30 bits per heavy atom. The van der Waals surface area contributed by atoms with E-state index in [1.807, 2.05) is 36.2 Å². The van der Waals surface area contributed by atoms with Crippen molar-refractivity contribution in [1.82, 2.24) is 18.5 Å². The topological polar surface area (TPSA) is 52.6 Å². The number of benzene rings is 2. The first-order valence-corrected chi connectivity index (χ1v) is 12.7. The molecule has 1 fully saturated rings. The Labute approximate surface area is 208 Å². The monoisotopic (exact) mass is 501 g/mol. The van der Waals surface area contributed by atoms with E-state index in [2.05, 4.69) is 38.4 Å². The third-order valence-electron chi connectivity index (χ3n) is 6.17. The highest BCUT2D eigenvalue weighted by atomic mass is 35.5. The molecule has 0 bridgehead atoms. The summed E-state index contributed by atoms with van der Waals surface area (Å²) in [6.07, 6.45) is 2.09. The van der Waals surface area contributed by atoms with Gasteiger partial charge in [0.25, 0.3) is 5.91 Å². The van der Waals surface area contributed by atoms with Gasteiger partial charge in [-0.1, -0.05) is 30.3 Å². The van der Waals surface area contributed by atoms with Crippen molar-refractivity contribution in [3.8, 4) is 0 Å². The molecule has 1 saturated heterocycles. The first kappa shape index (κ1) is 23.9. The quantitative estimate of drug-likeness (QED) is 0.333. The highest BCUT2D eigenvalue weighted by Gasteiger charge is 2.21. The highest BCUT2D eigenvalue weighted by molar-refractivity contribution is 7.14. The van der Waals surface area contributed by atoms with Gasteiger partial charge < -0.3 is 9.80 Å². The maximum atomic E-state index is 12.8. The predicted octanol–water partition coefficient (Wildman–Crippen LogP) is 5.00.